The lowest BCUT2D eigenvalue weighted by Gasteiger charge is -2.27. The zero-order valence-corrected chi connectivity index (χ0v) is 25.6. The van der Waals surface area contributed by atoms with Gasteiger partial charge in [0.25, 0.3) is 0 Å². The van der Waals surface area contributed by atoms with Crippen molar-refractivity contribution < 1.29 is 52.4 Å². The summed E-state index contributed by atoms with van der Waals surface area (Å²) in [5.74, 6) is -0.766. The first-order chi connectivity index (χ1) is 21.0. The van der Waals surface area contributed by atoms with Crippen molar-refractivity contribution >= 4 is 30.8 Å². The third kappa shape index (κ3) is 7.95. The molecule has 3 heterocycles. The van der Waals surface area contributed by atoms with Crippen molar-refractivity contribution in [3.63, 3.8) is 0 Å². The van der Waals surface area contributed by atoms with E-state index >= 15 is 0 Å². The highest BCUT2D eigenvalue weighted by atomic mass is 31.2. The van der Waals surface area contributed by atoms with Crippen LogP contribution in [-0.4, -0.2) is 93.0 Å². The number of methoxy groups -OCH3 is 1. The van der Waals surface area contributed by atoms with Crippen LogP contribution in [0, 0.1) is 6.92 Å². The van der Waals surface area contributed by atoms with Gasteiger partial charge in [0.15, 0.2) is 24.0 Å². The number of aliphatic hydroxyl groups excluding tert-OH is 1. The van der Waals surface area contributed by atoms with Crippen molar-refractivity contribution in [2.75, 3.05) is 33.5 Å². The Labute approximate surface area is 253 Å². The number of carbonyl (C=O) groups excluding carboxylic acids is 2. The normalized spacial score (nSPS) is 22.9. The maximum atomic E-state index is 13.6. The van der Waals surface area contributed by atoms with Crippen LogP contribution in [0.2, 0.25) is 0 Å². The molecular weight excluding hydrogens is 601 g/mol. The summed E-state index contributed by atoms with van der Waals surface area (Å²) in [4.78, 5) is 36.9. The Hall–Kier alpha value is -3.50. The van der Waals surface area contributed by atoms with Crippen LogP contribution in [0.15, 0.2) is 36.7 Å². The summed E-state index contributed by atoms with van der Waals surface area (Å²) in [6, 6.07) is 8.94. The number of rotatable bonds is 15. The number of ether oxygens (including phenoxy) is 4. The van der Waals surface area contributed by atoms with Crippen LogP contribution < -0.4 is 9.82 Å². The fourth-order valence-corrected chi connectivity index (χ4v) is 5.69. The molecule has 0 amide bonds. The van der Waals surface area contributed by atoms with E-state index in [0.29, 0.717) is 11.3 Å². The number of aliphatic hydroxyl groups is 2. The number of benzene rings is 1. The Morgan fingerprint density at radius 2 is 1.91 bits per heavy atom. The van der Waals surface area contributed by atoms with E-state index < -0.39 is 56.9 Å². The highest BCUT2D eigenvalue weighted by Gasteiger charge is 2.54. The summed E-state index contributed by atoms with van der Waals surface area (Å²) < 4.78 is 47.1. The first kappa shape index (κ1) is 33.4. The molecule has 0 aliphatic carbocycles. The monoisotopic (exact) mass is 637 g/mol. The lowest BCUT2D eigenvalue weighted by molar-refractivity contribution is -0.148. The van der Waals surface area contributed by atoms with Gasteiger partial charge in [-0.05, 0) is 26.3 Å². The zero-order valence-electron chi connectivity index (χ0n) is 24.7. The van der Waals surface area contributed by atoms with Gasteiger partial charge in [0.05, 0.1) is 33.1 Å². The van der Waals surface area contributed by atoms with Gasteiger partial charge in [-0.1, -0.05) is 30.3 Å². The number of esters is 2. The molecule has 4 rings (SSSR count). The SMILES string of the molecule is CCOC(=O)CCNP(=O)(OCC(=O)OCc1ccccc1)OC[C@H]1O[C@@H](n2cnc3c(OC)nc(C)nc32)[C@@](C)(O)C1O. The molecule has 1 aliphatic rings. The molecule has 1 fully saturated rings. The van der Waals surface area contributed by atoms with Crippen LogP contribution in [0.5, 0.6) is 5.88 Å². The molecule has 0 spiro atoms. The number of aryl methyl sites for hydroxylation is 1. The maximum absolute atomic E-state index is 13.6. The number of hydrogen-bond acceptors (Lipinski definition) is 14. The van der Waals surface area contributed by atoms with Crippen LogP contribution in [0.1, 0.15) is 37.9 Å². The third-order valence-electron chi connectivity index (χ3n) is 6.65. The van der Waals surface area contributed by atoms with Crippen LogP contribution >= 0.6 is 7.75 Å². The van der Waals surface area contributed by atoms with Gasteiger partial charge in [-0.2, -0.15) is 4.98 Å². The lowest BCUT2D eigenvalue weighted by Crippen LogP contribution is -2.44. The average Bonchev–Trinajstić information content (AvgIpc) is 3.51. The molecule has 44 heavy (non-hydrogen) atoms. The summed E-state index contributed by atoms with van der Waals surface area (Å²) >= 11 is 0. The Balaban J connectivity index is 1.44. The van der Waals surface area contributed by atoms with E-state index in [0.717, 1.165) is 5.56 Å². The predicted molar refractivity (Wildman–Crippen MR) is 152 cm³/mol. The van der Waals surface area contributed by atoms with E-state index in [1.807, 2.05) is 6.07 Å². The fraction of sp³-hybridized carbons (Fsp3) is 0.519. The van der Waals surface area contributed by atoms with Gasteiger partial charge in [0, 0.05) is 6.54 Å². The Bertz CT molecular complexity index is 1490. The number of hydrogen-bond donors (Lipinski definition) is 3. The summed E-state index contributed by atoms with van der Waals surface area (Å²) in [5.41, 5.74) is -0.531. The van der Waals surface area contributed by atoms with Crippen LogP contribution in [0.3, 0.4) is 0 Å². The molecule has 1 saturated heterocycles. The van der Waals surface area contributed by atoms with Crippen LogP contribution in [-0.2, 0) is 44.0 Å². The molecule has 240 valence electrons. The quantitative estimate of drug-likeness (QED) is 0.160. The summed E-state index contributed by atoms with van der Waals surface area (Å²) in [5, 5.41) is 24.7. The zero-order chi connectivity index (χ0) is 31.9. The molecule has 0 radical (unpaired) electrons. The van der Waals surface area contributed by atoms with E-state index in [1.54, 1.807) is 38.1 Å². The van der Waals surface area contributed by atoms with E-state index in [1.165, 1.54) is 24.9 Å². The minimum absolute atomic E-state index is 0.0255. The van der Waals surface area contributed by atoms with E-state index in [9.17, 15) is 24.4 Å². The van der Waals surface area contributed by atoms with Crippen molar-refractivity contribution in [2.24, 2.45) is 0 Å². The minimum atomic E-state index is -4.29. The molecule has 2 unspecified atom stereocenters. The van der Waals surface area contributed by atoms with E-state index in [4.69, 9.17) is 28.0 Å². The van der Waals surface area contributed by atoms with E-state index in [2.05, 4.69) is 20.0 Å². The predicted octanol–water partition coefficient (Wildman–Crippen LogP) is 1.58. The second-order valence-electron chi connectivity index (χ2n) is 9.98. The molecule has 5 atom stereocenters. The highest BCUT2D eigenvalue weighted by molar-refractivity contribution is 7.51. The maximum Gasteiger partial charge on any atom is 0.406 e. The second-order valence-corrected chi connectivity index (χ2v) is 11.8. The molecular formula is C27H36N5O11P. The largest absolute Gasteiger partial charge is 0.479 e. The van der Waals surface area contributed by atoms with Crippen molar-refractivity contribution in [3.8, 4) is 5.88 Å². The van der Waals surface area contributed by atoms with Gasteiger partial charge in [-0.25, -0.2) is 24.4 Å². The second kappa shape index (κ2) is 14.5. The topological polar surface area (TPSA) is 203 Å². The van der Waals surface area contributed by atoms with Crippen LogP contribution in [0.25, 0.3) is 11.2 Å². The third-order valence-corrected chi connectivity index (χ3v) is 8.21. The molecule has 1 aromatic carbocycles. The van der Waals surface area contributed by atoms with Gasteiger partial charge in [0.2, 0.25) is 5.88 Å². The Morgan fingerprint density at radius 3 is 2.61 bits per heavy atom. The summed E-state index contributed by atoms with van der Waals surface area (Å²) in [6.07, 6.45) is -2.74. The number of imidazole rings is 1. The number of nitrogens with zero attached hydrogens (tertiary/aromatic N) is 4. The first-order valence-electron chi connectivity index (χ1n) is 13.8. The molecule has 17 heteroatoms. The van der Waals surface area contributed by atoms with Crippen molar-refractivity contribution in [1.29, 1.82) is 0 Å². The number of carbonyl (C=O) groups is 2. The summed E-state index contributed by atoms with van der Waals surface area (Å²) in [6.45, 7) is 3.34. The fourth-order valence-electron chi connectivity index (χ4n) is 4.43. The van der Waals surface area contributed by atoms with Gasteiger partial charge in [-0.3, -0.25) is 18.4 Å². The van der Waals surface area contributed by atoms with Crippen molar-refractivity contribution in [2.45, 2.75) is 57.8 Å². The standard InChI is InChI=1S/C27H36N5O11P/c1-5-39-20(33)11-12-29-44(37,42-15-21(34)40-13-18-9-7-6-8-10-18)41-14-19-23(35)27(3,36)26(43-19)32-16-28-22-24(32)30-17(2)31-25(22)38-4/h6-10,16,19,23,26,35-36H,5,11-15H2,1-4H3,(H,29,37)/t19-,23?,26-,27+,44?/m1/s1. The number of fused-ring (bicyclic) bond motifs is 1. The molecule has 0 saturated carbocycles. The molecule has 2 aromatic heterocycles. The number of aromatic nitrogens is 4. The van der Waals surface area contributed by atoms with Crippen molar-refractivity contribution in [3.05, 3.63) is 48.0 Å². The van der Waals surface area contributed by atoms with Crippen molar-refractivity contribution in [1.82, 2.24) is 24.6 Å². The van der Waals surface area contributed by atoms with E-state index in [-0.39, 0.29) is 37.7 Å². The van der Waals surface area contributed by atoms with Crippen LogP contribution in [0.4, 0.5) is 0 Å². The number of nitrogens with one attached hydrogen (secondary N) is 1. The smallest absolute Gasteiger partial charge is 0.406 e. The lowest BCUT2D eigenvalue weighted by atomic mass is 9.96. The molecule has 1 aliphatic heterocycles. The van der Waals surface area contributed by atoms with Gasteiger partial charge < -0.3 is 29.2 Å². The molecule has 3 aromatic rings. The summed E-state index contributed by atoms with van der Waals surface area (Å²) in [7, 11) is -2.85. The highest BCUT2D eigenvalue weighted by Crippen LogP contribution is 2.46. The molecule has 0 bridgehead atoms. The average molecular weight is 638 g/mol. The van der Waals surface area contributed by atoms with Gasteiger partial charge in [0.1, 0.15) is 30.2 Å². The molecule has 16 nitrogen and oxygen atoms in total. The minimum Gasteiger partial charge on any atom is -0.479 e. The molecule has 3 N–H and O–H groups in total. The van der Waals surface area contributed by atoms with Gasteiger partial charge in [-0.15, -0.1) is 0 Å². The Morgan fingerprint density at radius 1 is 1.16 bits per heavy atom. The first-order valence-corrected chi connectivity index (χ1v) is 15.3. The Kier molecular flexibility index (Phi) is 11.0. The van der Waals surface area contributed by atoms with Gasteiger partial charge >= 0.3 is 19.7 Å².